The van der Waals surface area contributed by atoms with Gasteiger partial charge in [0.15, 0.2) is 0 Å². The smallest absolute Gasteiger partial charge is 0.0123 e. The molecule has 0 amide bonds. The van der Waals surface area contributed by atoms with Gasteiger partial charge in [-0.2, -0.15) is 0 Å². The largest absolute Gasteiger partial charge is 0.0561 e. The highest BCUT2D eigenvalue weighted by atomic mass is 14.4. The molecule has 38 heavy (non-hydrogen) atoms. The fraction of sp³-hybridized carbons (Fsp3) is 0.632. The third kappa shape index (κ3) is 5.57. The Morgan fingerprint density at radius 1 is 0.289 bits per heavy atom. The Bertz CT molecular complexity index is 1260. The molecule has 0 fully saturated rings. The second-order valence-corrected chi connectivity index (χ2v) is 18.1. The number of hydrogen-bond acceptors (Lipinski definition) is 0. The van der Waals surface area contributed by atoms with Crippen LogP contribution in [0.5, 0.6) is 0 Å². The van der Waals surface area contributed by atoms with Gasteiger partial charge in [-0.05, 0) is 99.5 Å². The van der Waals surface area contributed by atoms with Crippen molar-refractivity contribution in [2.24, 2.45) is 0 Å². The van der Waals surface area contributed by atoms with Crippen LogP contribution < -0.4 is 0 Å². The third-order valence-corrected chi connectivity index (χ3v) is 8.01. The summed E-state index contributed by atoms with van der Waals surface area (Å²) in [6, 6.07) is 10.1. The van der Waals surface area contributed by atoms with Gasteiger partial charge in [0.1, 0.15) is 0 Å². The lowest BCUT2D eigenvalue weighted by molar-refractivity contribution is 0.500. The van der Waals surface area contributed by atoms with E-state index >= 15 is 0 Å². The molecular formula is C38H58. The lowest BCUT2D eigenvalue weighted by atomic mass is 9.65. The van der Waals surface area contributed by atoms with E-state index in [9.17, 15) is 0 Å². The molecule has 3 aromatic carbocycles. The van der Waals surface area contributed by atoms with Crippen LogP contribution >= 0.6 is 0 Å². The lowest BCUT2D eigenvalue weighted by Crippen LogP contribution is -2.29. The molecular weight excluding hydrogens is 456 g/mol. The highest BCUT2D eigenvalue weighted by Crippen LogP contribution is 2.49. The number of benzene rings is 3. The Balaban J connectivity index is 2.80. The molecule has 0 unspecified atom stereocenters. The summed E-state index contributed by atoms with van der Waals surface area (Å²) in [5.74, 6) is 0. The maximum Gasteiger partial charge on any atom is -0.0123 e. The second kappa shape index (κ2) is 8.84. The fourth-order valence-corrected chi connectivity index (χ4v) is 6.60. The summed E-state index contributed by atoms with van der Waals surface area (Å²) >= 11 is 0. The van der Waals surface area contributed by atoms with Gasteiger partial charge in [-0.1, -0.05) is 137 Å². The molecule has 0 heteroatoms. The zero-order chi connectivity index (χ0) is 29.6. The van der Waals surface area contributed by atoms with E-state index in [4.69, 9.17) is 0 Å². The number of hydrogen-bond donors (Lipinski definition) is 0. The van der Waals surface area contributed by atoms with Gasteiger partial charge in [0.25, 0.3) is 0 Å². The molecule has 0 aliphatic heterocycles. The molecule has 0 saturated carbocycles. The summed E-state index contributed by atoms with van der Waals surface area (Å²) in [7, 11) is 0. The van der Waals surface area contributed by atoms with Crippen LogP contribution in [-0.4, -0.2) is 0 Å². The molecule has 0 radical (unpaired) electrons. The van der Waals surface area contributed by atoms with Gasteiger partial charge in [-0.3, -0.25) is 0 Å². The quantitative estimate of drug-likeness (QED) is 0.262. The first-order valence-electron chi connectivity index (χ1n) is 14.8. The molecule has 210 valence electrons. The van der Waals surface area contributed by atoms with Crippen molar-refractivity contribution in [3.05, 3.63) is 57.6 Å². The van der Waals surface area contributed by atoms with Gasteiger partial charge in [0.05, 0.1) is 0 Å². The molecule has 0 aliphatic carbocycles. The van der Waals surface area contributed by atoms with Crippen LogP contribution in [0.1, 0.15) is 158 Å². The Morgan fingerprint density at radius 2 is 0.553 bits per heavy atom. The van der Waals surface area contributed by atoms with E-state index in [-0.39, 0.29) is 32.5 Å². The molecule has 0 nitrogen and oxygen atoms in total. The molecule has 3 aromatic rings. The van der Waals surface area contributed by atoms with Crippen LogP contribution in [0.15, 0.2) is 24.3 Å². The summed E-state index contributed by atoms with van der Waals surface area (Å²) in [5.41, 5.74) is 9.35. The first kappa shape index (κ1) is 30.7. The number of fused-ring (bicyclic) bond motifs is 2. The minimum absolute atomic E-state index is 0.0237. The summed E-state index contributed by atoms with van der Waals surface area (Å²) < 4.78 is 0. The van der Waals surface area contributed by atoms with Gasteiger partial charge in [0, 0.05) is 0 Å². The highest BCUT2D eigenvalue weighted by molar-refractivity contribution is 6.03. The first-order chi connectivity index (χ1) is 16.7. The molecule has 0 bridgehead atoms. The van der Waals surface area contributed by atoms with Gasteiger partial charge >= 0.3 is 0 Å². The zero-order valence-corrected chi connectivity index (χ0v) is 28.3. The van der Waals surface area contributed by atoms with Gasteiger partial charge in [0.2, 0.25) is 0 Å². The Morgan fingerprint density at radius 3 is 0.763 bits per heavy atom. The van der Waals surface area contributed by atoms with Crippen molar-refractivity contribution in [3.63, 3.8) is 0 Å². The summed E-state index contributed by atoms with van der Waals surface area (Å²) in [6.45, 7) is 43.1. The molecule has 3 rings (SSSR count). The Kier molecular flexibility index (Phi) is 7.15. The number of rotatable bonds is 0. The van der Waals surface area contributed by atoms with Crippen molar-refractivity contribution in [1.82, 2.24) is 0 Å². The van der Waals surface area contributed by atoms with Crippen LogP contribution in [0.2, 0.25) is 0 Å². The predicted octanol–water partition coefficient (Wildman–Crippen LogP) is 11.8. The summed E-state index contributed by atoms with van der Waals surface area (Å²) in [5, 5.41) is 5.61. The molecule has 0 aliphatic rings. The maximum absolute atomic E-state index is 2.58. The predicted molar refractivity (Wildman–Crippen MR) is 174 cm³/mol. The second-order valence-electron chi connectivity index (χ2n) is 18.1. The average molecular weight is 515 g/mol. The summed E-state index contributed by atoms with van der Waals surface area (Å²) in [6.07, 6.45) is 0. The first-order valence-corrected chi connectivity index (χ1v) is 14.8. The van der Waals surface area contributed by atoms with Crippen molar-refractivity contribution in [2.45, 2.75) is 157 Å². The molecule has 0 N–H and O–H groups in total. The normalized spacial score (nSPS) is 14.6. The standard InChI is InChI=1S/C38H58/c1-33(2,3)27-20-23-19-24-21-28(34(4,5)6)32(38(16,17)18)30(36(10,11)12)26(24)22-25(23)29(35(7,8)9)31(27)37(13,14)15/h19-22H,1-18H3. The third-order valence-electron chi connectivity index (χ3n) is 8.01. The molecule has 0 heterocycles. The average Bonchev–Trinajstić information content (AvgIpc) is 2.64. The highest BCUT2D eigenvalue weighted by Gasteiger charge is 2.36. The minimum Gasteiger partial charge on any atom is -0.0561 e. The lowest BCUT2D eigenvalue weighted by Gasteiger charge is -2.39. The molecule has 0 saturated heterocycles. The van der Waals surface area contributed by atoms with Crippen molar-refractivity contribution >= 4 is 21.5 Å². The van der Waals surface area contributed by atoms with Crippen LogP contribution in [0.25, 0.3) is 21.5 Å². The zero-order valence-electron chi connectivity index (χ0n) is 28.3. The van der Waals surface area contributed by atoms with E-state index in [1.165, 1.54) is 54.9 Å². The van der Waals surface area contributed by atoms with Crippen molar-refractivity contribution in [2.75, 3.05) is 0 Å². The van der Waals surface area contributed by atoms with E-state index in [0.717, 1.165) is 0 Å². The van der Waals surface area contributed by atoms with Gasteiger partial charge in [-0.15, -0.1) is 0 Å². The van der Waals surface area contributed by atoms with Crippen LogP contribution in [0.4, 0.5) is 0 Å². The van der Waals surface area contributed by atoms with E-state index in [1.807, 2.05) is 0 Å². The Hall–Kier alpha value is -1.82. The summed E-state index contributed by atoms with van der Waals surface area (Å²) in [4.78, 5) is 0. The topological polar surface area (TPSA) is 0 Å². The Labute approximate surface area is 236 Å². The van der Waals surface area contributed by atoms with E-state index < -0.39 is 0 Å². The van der Waals surface area contributed by atoms with Crippen molar-refractivity contribution in [1.29, 1.82) is 0 Å². The molecule has 0 aromatic heterocycles. The van der Waals surface area contributed by atoms with Crippen LogP contribution in [0.3, 0.4) is 0 Å². The molecule has 0 atom stereocenters. The van der Waals surface area contributed by atoms with E-state index in [2.05, 4.69) is 149 Å². The monoisotopic (exact) mass is 514 g/mol. The maximum atomic E-state index is 2.58. The molecule has 0 spiro atoms. The van der Waals surface area contributed by atoms with Crippen molar-refractivity contribution < 1.29 is 0 Å². The van der Waals surface area contributed by atoms with E-state index in [0.29, 0.717) is 0 Å². The van der Waals surface area contributed by atoms with Gasteiger partial charge in [-0.25, -0.2) is 0 Å². The van der Waals surface area contributed by atoms with Crippen LogP contribution in [0, 0.1) is 0 Å². The minimum atomic E-state index is 0.0237. The SMILES string of the molecule is CC(C)(C)c1cc2cc3cc(C(C)(C)C)c(C(C)(C)C)c(C(C)(C)C)c3cc2c(C(C)(C)C)c1C(C)(C)C. The fourth-order valence-electron chi connectivity index (χ4n) is 6.60. The van der Waals surface area contributed by atoms with E-state index in [1.54, 1.807) is 0 Å². The van der Waals surface area contributed by atoms with Gasteiger partial charge < -0.3 is 0 Å². The van der Waals surface area contributed by atoms with Crippen molar-refractivity contribution in [3.8, 4) is 0 Å². The van der Waals surface area contributed by atoms with Crippen LogP contribution in [-0.2, 0) is 32.5 Å².